The van der Waals surface area contributed by atoms with Crippen molar-refractivity contribution in [3.05, 3.63) is 53.1 Å². The molecule has 2 aromatic carbocycles. The Morgan fingerprint density at radius 1 is 0.926 bits per heavy atom. The Bertz CT molecular complexity index is 939. The van der Waals surface area contributed by atoms with Gasteiger partial charge in [0.2, 0.25) is 0 Å². The zero-order chi connectivity index (χ0) is 19.4. The molecule has 1 aromatic heterocycles. The third-order valence-corrected chi connectivity index (χ3v) is 5.47. The molecule has 0 saturated carbocycles. The van der Waals surface area contributed by atoms with Crippen molar-refractivity contribution in [2.24, 2.45) is 0 Å². The van der Waals surface area contributed by atoms with Crippen molar-refractivity contribution in [3.8, 4) is 0 Å². The summed E-state index contributed by atoms with van der Waals surface area (Å²) in [6.45, 7) is 10.7. The molecule has 0 saturated heterocycles. The molecule has 3 aromatic rings. The molecule has 0 spiro atoms. The molecule has 0 aliphatic rings. The lowest BCUT2D eigenvalue weighted by atomic mass is 10.1. The maximum atomic E-state index is 4.86. The SMILES string of the molecule is CCCC(C)SNc1nc2cc(C)ccc2nc1Nc1cc(C)ccc1C. The fourth-order valence-corrected chi connectivity index (χ4v) is 3.75. The standard InChI is InChI=1S/C22H28N4S/c1-6-7-17(5)27-26-22-21(24-19-12-14(2)8-10-16(19)4)23-18-11-9-15(3)13-20(18)25-22/h8-13,17H,6-7H2,1-5H3,(H,23,24)(H,25,26). The minimum Gasteiger partial charge on any atom is -0.337 e. The number of hydrogen-bond acceptors (Lipinski definition) is 5. The van der Waals surface area contributed by atoms with Crippen LogP contribution in [0.25, 0.3) is 11.0 Å². The van der Waals surface area contributed by atoms with Gasteiger partial charge in [-0.1, -0.05) is 38.5 Å². The van der Waals surface area contributed by atoms with E-state index in [0.717, 1.165) is 34.8 Å². The number of rotatable bonds is 7. The van der Waals surface area contributed by atoms with Gasteiger partial charge in [0.25, 0.3) is 0 Å². The Kier molecular flexibility index (Phi) is 6.22. The maximum Gasteiger partial charge on any atom is 0.180 e. The smallest absolute Gasteiger partial charge is 0.180 e. The number of nitrogens with zero attached hydrogens (tertiary/aromatic N) is 2. The Hall–Kier alpha value is -2.27. The van der Waals surface area contributed by atoms with Crippen LogP contribution in [0.4, 0.5) is 17.3 Å². The minimum atomic E-state index is 0.513. The van der Waals surface area contributed by atoms with Crippen LogP contribution in [0.5, 0.6) is 0 Å². The average Bonchev–Trinajstić information content (AvgIpc) is 2.63. The third kappa shape index (κ3) is 4.92. The molecular formula is C22H28N4S. The Balaban J connectivity index is 1.98. The van der Waals surface area contributed by atoms with Gasteiger partial charge in [-0.15, -0.1) is 0 Å². The Morgan fingerprint density at radius 2 is 1.63 bits per heavy atom. The van der Waals surface area contributed by atoms with Crippen molar-refractivity contribution in [2.45, 2.75) is 52.7 Å². The van der Waals surface area contributed by atoms with Crippen molar-refractivity contribution in [1.29, 1.82) is 0 Å². The average molecular weight is 381 g/mol. The van der Waals surface area contributed by atoms with E-state index in [1.807, 2.05) is 6.07 Å². The van der Waals surface area contributed by atoms with Crippen molar-refractivity contribution in [3.63, 3.8) is 0 Å². The van der Waals surface area contributed by atoms with Gasteiger partial charge in [0.1, 0.15) is 0 Å². The predicted molar refractivity (Wildman–Crippen MR) is 119 cm³/mol. The predicted octanol–water partition coefficient (Wildman–Crippen LogP) is 6.55. The van der Waals surface area contributed by atoms with E-state index in [1.54, 1.807) is 11.9 Å². The van der Waals surface area contributed by atoms with Crippen LogP contribution in [0.2, 0.25) is 0 Å². The molecule has 0 amide bonds. The highest BCUT2D eigenvalue weighted by Crippen LogP contribution is 2.30. The topological polar surface area (TPSA) is 49.8 Å². The van der Waals surface area contributed by atoms with Crippen molar-refractivity contribution in [2.75, 3.05) is 10.0 Å². The zero-order valence-corrected chi connectivity index (χ0v) is 17.6. The lowest BCUT2D eigenvalue weighted by Gasteiger charge is -2.16. The molecule has 142 valence electrons. The lowest BCUT2D eigenvalue weighted by Crippen LogP contribution is -2.06. The molecule has 0 fully saturated rings. The second-order valence-corrected chi connectivity index (χ2v) is 8.42. The first-order valence-electron chi connectivity index (χ1n) is 9.50. The summed E-state index contributed by atoms with van der Waals surface area (Å²) in [5, 5.41) is 4.01. The highest BCUT2D eigenvalue weighted by molar-refractivity contribution is 8.01. The van der Waals surface area contributed by atoms with Gasteiger partial charge in [0, 0.05) is 10.9 Å². The molecule has 0 bridgehead atoms. The van der Waals surface area contributed by atoms with Crippen molar-refractivity contribution in [1.82, 2.24) is 9.97 Å². The first-order valence-corrected chi connectivity index (χ1v) is 10.4. The fourth-order valence-electron chi connectivity index (χ4n) is 2.94. The third-order valence-electron chi connectivity index (χ3n) is 4.52. The fraction of sp³-hybridized carbons (Fsp3) is 0.364. The Labute approximate surface area is 166 Å². The summed E-state index contributed by atoms with van der Waals surface area (Å²) in [6, 6.07) is 12.6. The van der Waals surface area contributed by atoms with Crippen molar-refractivity contribution < 1.29 is 0 Å². The van der Waals surface area contributed by atoms with Gasteiger partial charge in [0.15, 0.2) is 11.6 Å². The Morgan fingerprint density at radius 3 is 2.41 bits per heavy atom. The number of anilines is 3. The molecule has 3 rings (SSSR count). The normalized spacial score (nSPS) is 12.2. The van der Waals surface area contributed by atoms with Crippen LogP contribution in [0.3, 0.4) is 0 Å². The van der Waals surface area contributed by atoms with E-state index in [-0.39, 0.29) is 0 Å². The van der Waals surface area contributed by atoms with Gasteiger partial charge in [0.05, 0.1) is 11.0 Å². The first kappa shape index (κ1) is 19.5. The maximum absolute atomic E-state index is 4.86. The molecule has 4 nitrogen and oxygen atoms in total. The molecule has 2 N–H and O–H groups in total. The van der Waals surface area contributed by atoms with Gasteiger partial charge < -0.3 is 10.0 Å². The first-order chi connectivity index (χ1) is 13.0. The summed E-state index contributed by atoms with van der Waals surface area (Å²) in [4.78, 5) is 9.72. The summed E-state index contributed by atoms with van der Waals surface area (Å²) >= 11 is 1.71. The van der Waals surface area contributed by atoms with Crippen LogP contribution in [0.15, 0.2) is 36.4 Å². The molecule has 1 heterocycles. The van der Waals surface area contributed by atoms with Crippen molar-refractivity contribution >= 4 is 40.3 Å². The highest BCUT2D eigenvalue weighted by atomic mass is 32.2. The van der Waals surface area contributed by atoms with E-state index in [0.29, 0.717) is 5.25 Å². The molecule has 1 unspecified atom stereocenters. The minimum absolute atomic E-state index is 0.513. The summed E-state index contributed by atoms with van der Waals surface area (Å²) < 4.78 is 3.44. The van der Waals surface area contributed by atoms with Gasteiger partial charge in [-0.3, -0.25) is 0 Å². The number of benzene rings is 2. The molecule has 0 aliphatic carbocycles. The number of nitrogens with one attached hydrogen (secondary N) is 2. The molecule has 27 heavy (non-hydrogen) atoms. The lowest BCUT2D eigenvalue weighted by molar-refractivity contribution is 0.788. The molecular weight excluding hydrogens is 352 g/mol. The van der Waals surface area contributed by atoms with Gasteiger partial charge in [-0.2, -0.15) is 0 Å². The number of fused-ring (bicyclic) bond motifs is 1. The largest absolute Gasteiger partial charge is 0.337 e. The van der Waals surface area contributed by atoms with Crippen LogP contribution in [-0.4, -0.2) is 15.2 Å². The van der Waals surface area contributed by atoms with E-state index >= 15 is 0 Å². The second-order valence-electron chi connectivity index (χ2n) is 7.18. The monoisotopic (exact) mass is 380 g/mol. The van der Waals surface area contributed by atoms with E-state index < -0.39 is 0 Å². The van der Waals surface area contributed by atoms with Crippen LogP contribution < -0.4 is 10.0 Å². The quantitative estimate of drug-likeness (QED) is 0.455. The molecule has 0 radical (unpaired) electrons. The van der Waals surface area contributed by atoms with Crippen LogP contribution in [-0.2, 0) is 0 Å². The van der Waals surface area contributed by atoms with Gasteiger partial charge in [-0.05, 0) is 74.0 Å². The molecule has 5 heteroatoms. The van der Waals surface area contributed by atoms with Gasteiger partial charge >= 0.3 is 0 Å². The van der Waals surface area contributed by atoms with Crippen LogP contribution in [0, 0.1) is 20.8 Å². The number of aryl methyl sites for hydroxylation is 3. The van der Waals surface area contributed by atoms with E-state index in [9.17, 15) is 0 Å². The summed E-state index contributed by atoms with van der Waals surface area (Å²) in [6.07, 6.45) is 2.34. The second kappa shape index (κ2) is 8.61. The van der Waals surface area contributed by atoms with Crippen LogP contribution in [0.1, 0.15) is 43.4 Å². The molecule has 0 aliphatic heterocycles. The van der Waals surface area contributed by atoms with E-state index in [4.69, 9.17) is 9.97 Å². The van der Waals surface area contributed by atoms with E-state index in [1.165, 1.54) is 23.1 Å². The summed E-state index contributed by atoms with van der Waals surface area (Å²) in [5.41, 5.74) is 6.45. The summed E-state index contributed by atoms with van der Waals surface area (Å²) in [7, 11) is 0. The van der Waals surface area contributed by atoms with Crippen LogP contribution >= 0.6 is 11.9 Å². The number of hydrogen-bond donors (Lipinski definition) is 2. The summed E-state index contributed by atoms with van der Waals surface area (Å²) in [5.74, 6) is 1.54. The molecule has 1 atom stereocenters. The highest BCUT2D eigenvalue weighted by Gasteiger charge is 2.12. The number of aromatic nitrogens is 2. The van der Waals surface area contributed by atoms with Gasteiger partial charge in [-0.25, -0.2) is 9.97 Å². The zero-order valence-electron chi connectivity index (χ0n) is 16.8. The van der Waals surface area contributed by atoms with E-state index in [2.05, 4.69) is 75.0 Å².